The van der Waals surface area contributed by atoms with Gasteiger partial charge in [0.1, 0.15) is 18.1 Å². The van der Waals surface area contributed by atoms with Crippen molar-refractivity contribution in [2.45, 2.75) is 40.4 Å². The van der Waals surface area contributed by atoms with Gasteiger partial charge in [-0.2, -0.15) is 4.68 Å². The van der Waals surface area contributed by atoms with Gasteiger partial charge in [0, 0.05) is 29.5 Å². The molecule has 184 valence electrons. The van der Waals surface area contributed by atoms with Crippen molar-refractivity contribution in [2.24, 2.45) is 0 Å². The number of carbonyl (C=O) groups excluding carboxylic acids is 1. The molecule has 11 heteroatoms. The number of imidazole rings is 2. The Bertz CT molecular complexity index is 1630. The van der Waals surface area contributed by atoms with Crippen molar-refractivity contribution in [3.63, 3.8) is 0 Å². The van der Waals surface area contributed by atoms with Crippen molar-refractivity contribution in [3.05, 3.63) is 81.4 Å². The number of nitrogens with one attached hydrogen (secondary N) is 1. The standard InChI is InChI=1S/C25H24ClN7O3/c1-4-32-16(3)28-20-11-19(9-10-21(20)32)29-22(34)13-33-25(35)36-24(30-33)23-15(2)31(14-27-23)12-17-5-7-18(26)8-6-17/h5-11,14H,4,12-13H2,1-3H3,(H,29,34). The summed E-state index contributed by atoms with van der Waals surface area (Å²) < 4.78 is 10.3. The highest BCUT2D eigenvalue weighted by molar-refractivity contribution is 6.30. The number of carbonyl (C=O) groups is 1. The van der Waals surface area contributed by atoms with Crippen LogP contribution in [0.5, 0.6) is 0 Å². The van der Waals surface area contributed by atoms with Crippen LogP contribution in [0.2, 0.25) is 5.02 Å². The predicted molar refractivity (Wildman–Crippen MR) is 136 cm³/mol. The minimum absolute atomic E-state index is 0.0576. The Labute approximate surface area is 211 Å². The van der Waals surface area contributed by atoms with E-state index in [0.717, 1.165) is 39.3 Å². The largest absolute Gasteiger partial charge is 0.437 e. The summed E-state index contributed by atoms with van der Waals surface area (Å²) in [4.78, 5) is 33.9. The topological polar surface area (TPSA) is 113 Å². The number of hydrogen-bond acceptors (Lipinski definition) is 6. The van der Waals surface area contributed by atoms with Gasteiger partial charge in [0.25, 0.3) is 5.89 Å². The normalized spacial score (nSPS) is 11.3. The Morgan fingerprint density at radius 1 is 1.14 bits per heavy atom. The zero-order valence-electron chi connectivity index (χ0n) is 20.0. The molecule has 5 rings (SSSR count). The van der Waals surface area contributed by atoms with Crippen LogP contribution < -0.4 is 11.1 Å². The van der Waals surface area contributed by atoms with Crippen LogP contribution in [0.25, 0.3) is 22.6 Å². The molecule has 1 N–H and O–H groups in total. The van der Waals surface area contributed by atoms with Gasteiger partial charge in [0.15, 0.2) is 0 Å². The van der Waals surface area contributed by atoms with E-state index in [-0.39, 0.29) is 12.4 Å². The first-order valence-electron chi connectivity index (χ1n) is 11.4. The maximum absolute atomic E-state index is 12.6. The smallest absolute Gasteiger partial charge is 0.386 e. The Hall–Kier alpha value is -4.18. The van der Waals surface area contributed by atoms with Crippen LogP contribution in [-0.4, -0.2) is 34.8 Å². The number of rotatable bonds is 7. The summed E-state index contributed by atoms with van der Waals surface area (Å²) in [7, 11) is 0. The quantitative estimate of drug-likeness (QED) is 0.357. The second kappa shape index (κ2) is 9.46. The van der Waals surface area contributed by atoms with Gasteiger partial charge >= 0.3 is 5.76 Å². The van der Waals surface area contributed by atoms with E-state index in [4.69, 9.17) is 16.0 Å². The summed E-state index contributed by atoms with van der Waals surface area (Å²) in [6.07, 6.45) is 1.66. The number of nitrogens with zero attached hydrogens (tertiary/aromatic N) is 6. The maximum atomic E-state index is 12.6. The molecule has 5 aromatic rings. The third-order valence-electron chi connectivity index (χ3n) is 6.01. The molecule has 3 aromatic heterocycles. The van der Waals surface area contributed by atoms with Crippen molar-refractivity contribution in [3.8, 4) is 11.6 Å². The van der Waals surface area contributed by atoms with Gasteiger partial charge in [0.2, 0.25) is 5.91 Å². The molecule has 0 saturated heterocycles. The average molecular weight is 506 g/mol. The van der Waals surface area contributed by atoms with Gasteiger partial charge in [-0.05, 0) is 56.7 Å². The molecular weight excluding hydrogens is 482 g/mol. The number of hydrogen-bond donors (Lipinski definition) is 1. The molecule has 0 spiro atoms. The Morgan fingerprint density at radius 3 is 2.67 bits per heavy atom. The van der Waals surface area contributed by atoms with Crippen LogP contribution in [0, 0.1) is 13.8 Å². The molecule has 3 heterocycles. The highest BCUT2D eigenvalue weighted by Gasteiger charge is 2.19. The van der Waals surface area contributed by atoms with Crippen LogP contribution in [0.1, 0.15) is 24.0 Å². The van der Waals surface area contributed by atoms with E-state index in [1.807, 2.05) is 48.7 Å². The van der Waals surface area contributed by atoms with E-state index in [2.05, 4.69) is 31.9 Å². The van der Waals surface area contributed by atoms with Crippen LogP contribution in [0.15, 0.2) is 58.0 Å². The number of anilines is 1. The average Bonchev–Trinajstić information content (AvgIpc) is 3.49. The zero-order chi connectivity index (χ0) is 25.4. The number of aryl methyl sites for hydroxylation is 2. The van der Waals surface area contributed by atoms with Gasteiger partial charge in [-0.3, -0.25) is 4.79 Å². The number of aromatic nitrogens is 6. The molecule has 0 atom stereocenters. The minimum Gasteiger partial charge on any atom is -0.386 e. The second-order valence-electron chi connectivity index (χ2n) is 8.42. The van der Waals surface area contributed by atoms with Crippen LogP contribution in [0.3, 0.4) is 0 Å². The van der Waals surface area contributed by atoms with E-state index < -0.39 is 11.7 Å². The lowest BCUT2D eigenvalue weighted by Gasteiger charge is -2.06. The Kier molecular flexibility index (Phi) is 6.19. The summed E-state index contributed by atoms with van der Waals surface area (Å²) in [5.41, 5.74) is 4.63. The van der Waals surface area contributed by atoms with Gasteiger partial charge < -0.3 is 18.9 Å². The molecule has 0 aliphatic rings. The fourth-order valence-electron chi connectivity index (χ4n) is 4.16. The molecule has 0 unspecified atom stereocenters. The Morgan fingerprint density at radius 2 is 1.92 bits per heavy atom. The SMILES string of the molecule is CCn1c(C)nc2cc(NC(=O)Cn3nc(-c4ncn(Cc5ccc(Cl)cc5)c4C)oc3=O)ccc21. The van der Waals surface area contributed by atoms with Crippen molar-refractivity contribution in [2.75, 3.05) is 5.32 Å². The van der Waals surface area contributed by atoms with Gasteiger partial charge in [-0.15, -0.1) is 5.10 Å². The van der Waals surface area contributed by atoms with Crippen LogP contribution in [0.4, 0.5) is 5.69 Å². The first-order chi connectivity index (χ1) is 17.3. The molecule has 1 amide bonds. The molecule has 2 aromatic carbocycles. The van der Waals surface area contributed by atoms with E-state index in [0.29, 0.717) is 22.9 Å². The Balaban J connectivity index is 1.30. The van der Waals surface area contributed by atoms with E-state index in [9.17, 15) is 9.59 Å². The van der Waals surface area contributed by atoms with Crippen LogP contribution >= 0.6 is 11.6 Å². The minimum atomic E-state index is -0.737. The van der Waals surface area contributed by atoms with Gasteiger partial charge in [-0.25, -0.2) is 14.8 Å². The first kappa shape index (κ1) is 23.6. The van der Waals surface area contributed by atoms with Crippen LogP contribution in [-0.2, 0) is 24.4 Å². The van der Waals surface area contributed by atoms with Crippen molar-refractivity contribution in [1.82, 2.24) is 28.9 Å². The summed E-state index contributed by atoms with van der Waals surface area (Å²) in [5.74, 6) is -0.182. The third-order valence-corrected chi connectivity index (χ3v) is 6.26. The monoisotopic (exact) mass is 505 g/mol. The molecular formula is C25H24ClN7O3. The first-order valence-corrected chi connectivity index (χ1v) is 11.8. The van der Waals surface area contributed by atoms with Crippen molar-refractivity contribution >= 4 is 34.2 Å². The lowest BCUT2D eigenvalue weighted by atomic mass is 10.2. The molecule has 10 nitrogen and oxygen atoms in total. The predicted octanol–water partition coefficient (Wildman–Crippen LogP) is 4.03. The van der Waals surface area contributed by atoms with E-state index in [1.54, 1.807) is 18.5 Å². The molecule has 0 aliphatic heterocycles. The fraction of sp³-hybridized carbons (Fsp3) is 0.240. The summed E-state index contributed by atoms with van der Waals surface area (Å²) in [5, 5.41) is 7.66. The zero-order valence-corrected chi connectivity index (χ0v) is 20.8. The summed E-state index contributed by atoms with van der Waals surface area (Å²) in [6, 6.07) is 13.0. The highest BCUT2D eigenvalue weighted by atomic mass is 35.5. The lowest BCUT2D eigenvalue weighted by Crippen LogP contribution is -2.25. The molecule has 0 saturated carbocycles. The number of benzene rings is 2. The van der Waals surface area contributed by atoms with Gasteiger partial charge in [-0.1, -0.05) is 23.7 Å². The number of halogens is 1. The van der Waals surface area contributed by atoms with Gasteiger partial charge in [0.05, 0.1) is 17.4 Å². The molecule has 0 fully saturated rings. The van der Waals surface area contributed by atoms with E-state index >= 15 is 0 Å². The van der Waals surface area contributed by atoms with E-state index in [1.165, 1.54) is 0 Å². The third kappa shape index (κ3) is 4.55. The number of amides is 1. The molecule has 0 radical (unpaired) electrons. The molecule has 36 heavy (non-hydrogen) atoms. The second-order valence-corrected chi connectivity index (χ2v) is 8.86. The van der Waals surface area contributed by atoms with Crippen molar-refractivity contribution < 1.29 is 9.21 Å². The summed E-state index contributed by atoms with van der Waals surface area (Å²) in [6.45, 7) is 6.95. The van der Waals surface area contributed by atoms with Crippen molar-refractivity contribution in [1.29, 1.82) is 0 Å². The summed E-state index contributed by atoms with van der Waals surface area (Å²) >= 11 is 5.96. The number of fused-ring (bicyclic) bond motifs is 1. The molecule has 0 bridgehead atoms. The fourth-order valence-corrected chi connectivity index (χ4v) is 4.29. The maximum Gasteiger partial charge on any atom is 0.437 e. The molecule has 0 aliphatic carbocycles. The lowest BCUT2D eigenvalue weighted by molar-refractivity contribution is -0.117. The highest BCUT2D eigenvalue weighted by Crippen LogP contribution is 2.22.